The van der Waals surface area contributed by atoms with Crippen LogP contribution in [0.15, 0.2) is 0 Å². The molecule has 0 heterocycles. The van der Waals surface area contributed by atoms with Crippen LogP contribution in [-0.4, -0.2) is 29.5 Å². The molecule has 2 N–H and O–H groups in total. The first-order chi connectivity index (χ1) is 5.72. The highest BCUT2D eigenvalue weighted by Crippen LogP contribution is 2.09. The summed E-state index contributed by atoms with van der Waals surface area (Å²) < 4.78 is 10.9. The highest BCUT2D eigenvalue weighted by atomic mass is 28.3. The summed E-state index contributed by atoms with van der Waals surface area (Å²) in [5, 5.41) is 0. The Morgan fingerprint density at radius 1 is 1.08 bits per heavy atom. The minimum Gasteiger partial charge on any atom is -0.397 e. The lowest BCUT2D eigenvalue weighted by molar-refractivity contribution is 0.207. The molecule has 0 rings (SSSR count). The van der Waals surface area contributed by atoms with Gasteiger partial charge in [0.1, 0.15) is 0 Å². The summed E-state index contributed by atoms with van der Waals surface area (Å²) in [6.45, 7) is 9.91. The van der Waals surface area contributed by atoms with Gasteiger partial charge in [-0.3, -0.25) is 0 Å². The lowest BCUT2D eigenvalue weighted by atomic mass is 10.6. The SMILES string of the molecule is CCO[SiH](OCC)C(C)C.CN. The first kappa shape index (κ1) is 14.6. The zero-order valence-electron chi connectivity index (χ0n) is 8.96. The Kier molecular flexibility index (Phi) is 13.5. The molecular formula is C8H23NO2Si. The molecule has 0 saturated carbocycles. The zero-order valence-corrected chi connectivity index (χ0v) is 10.1. The highest BCUT2D eigenvalue weighted by molar-refractivity contribution is 6.46. The molecule has 76 valence electrons. The van der Waals surface area contributed by atoms with E-state index < -0.39 is 9.28 Å². The largest absolute Gasteiger partial charge is 0.397 e. The third kappa shape index (κ3) is 8.20. The summed E-state index contributed by atoms with van der Waals surface area (Å²) in [7, 11) is 0.193. The maximum Gasteiger partial charge on any atom is 0.324 e. The van der Waals surface area contributed by atoms with Crippen molar-refractivity contribution in [3.63, 3.8) is 0 Å². The van der Waals surface area contributed by atoms with Crippen LogP contribution in [0.4, 0.5) is 0 Å². The Labute approximate surface area is 78.1 Å². The molecule has 3 nitrogen and oxygen atoms in total. The van der Waals surface area contributed by atoms with E-state index in [1.807, 2.05) is 13.8 Å². The molecule has 0 aromatic carbocycles. The molecule has 4 heteroatoms. The number of hydrogen-bond donors (Lipinski definition) is 1. The number of rotatable bonds is 5. The van der Waals surface area contributed by atoms with E-state index in [2.05, 4.69) is 19.6 Å². The van der Waals surface area contributed by atoms with Gasteiger partial charge in [0.2, 0.25) is 0 Å². The van der Waals surface area contributed by atoms with Crippen molar-refractivity contribution in [2.75, 3.05) is 20.3 Å². The Balaban J connectivity index is 0. The van der Waals surface area contributed by atoms with Crippen LogP contribution >= 0.6 is 0 Å². The fraction of sp³-hybridized carbons (Fsp3) is 1.00. The predicted molar refractivity (Wildman–Crippen MR) is 55.6 cm³/mol. The summed E-state index contributed by atoms with van der Waals surface area (Å²) >= 11 is 0. The van der Waals surface area contributed by atoms with Gasteiger partial charge in [0.25, 0.3) is 0 Å². The van der Waals surface area contributed by atoms with E-state index in [1.54, 1.807) is 0 Å². The maximum atomic E-state index is 5.46. The van der Waals surface area contributed by atoms with E-state index in [9.17, 15) is 0 Å². The van der Waals surface area contributed by atoms with Crippen LogP contribution < -0.4 is 5.73 Å². The Morgan fingerprint density at radius 2 is 1.42 bits per heavy atom. The Bertz CT molecular complexity index is 75.5. The molecule has 0 radical (unpaired) electrons. The third-order valence-electron chi connectivity index (χ3n) is 1.21. The van der Waals surface area contributed by atoms with Gasteiger partial charge < -0.3 is 14.6 Å². The van der Waals surface area contributed by atoms with Crippen molar-refractivity contribution in [2.24, 2.45) is 5.73 Å². The third-order valence-corrected chi connectivity index (χ3v) is 3.62. The lowest BCUT2D eigenvalue weighted by Gasteiger charge is -2.17. The molecule has 0 aromatic heterocycles. The van der Waals surface area contributed by atoms with Crippen LogP contribution in [0.2, 0.25) is 5.54 Å². The Morgan fingerprint density at radius 3 is 1.58 bits per heavy atom. The van der Waals surface area contributed by atoms with Gasteiger partial charge in [-0.1, -0.05) is 13.8 Å². The van der Waals surface area contributed by atoms with Crippen molar-refractivity contribution in [3.05, 3.63) is 0 Å². The van der Waals surface area contributed by atoms with Crippen LogP contribution in [0.25, 0.3) is 0 Å². The zero-order chi connectivity index (χ0) is 9.98. The van der Waals surface area contributed by atoms with E-state index in [0.717, 1.165) is 13.2 Å². The summed E-state index contributed by atoms with van der Waals surface area (Å²) in [6.07, 6.45) is 0. The van der Waals surface area contributed by atoms with E-state index in [-0.39, 0.29) is 0 Å². The molecule has 0 aromatic rings. The summed E-state index contributed by atoms with van der Waals surface area (Å²) in [5.74, 6) is 0. The summed E-state index contributed by atoms with van der Waals surface area (Å²) in [6, 6.07) is 0. The first-order valence-electron chi connectivity index (χ1n) is 4.53. The molecule has 0 saturated heterocycles. The van der Waals surface area contributed by atoms with Crippen molar-refractivity contribution in [1.29, 1.82) is 0 Å². The lowest BCUT2D eigenvalue weighted by Crippen LogP contribution is -2.26. The molecule has 12 heavy (non-hydrogen) atoms. The molecule has 0 bridgehead atoms. The number of nitrogens with two attached hydrogens (primary N) is 1. The normalized spacial score (nSPS) is 10.0. The number of hydrogen-bond acceptors (Lipinski definition) is 3. The van der Waals surface area contributed by atoms with Crippen molar-refractivity contribution < 1.29 is 8.85 Å². The molecule has 0 unspecified atom stereocenters. The maximum absolute atomic E-state index is 5.46. The standard InChI is InChI=1S/C7H18O2Si.CH5N/c1-5-8-10(7(3)4)9-6-2;1-2/h7,10H,5-6H2,1-4H3;2H2,1H3. The van der Waals surface area contributed by atoms with Crippen LogP contribution in [0, 0.1) is 0 Å². The van der Waals surface area contributed by atoms with Gasteiger partial charge in [-0.2, -0.15) is 0 Å². The minimum atomic E-state index is -1.31. The smallest absolute Gasteiger partial charge is 0.324 e. The average Bonchev–Trinajstić information content (AvgIpc) is 2.08. The summed E-state index contributed by atoms with van der Waals surface area (Å²) in [5.41, 5.74) is 5.08. The van der Waals surface area contributed by atoms with E-state index in [4.69, 9.17) is 8.85 Å². The van der Waals surface area contributed by atoms with E-state index in [0.29, 0.717) is 5.54 Å². The highest BCUT2D eigenvalue weighted by Gasteiger charge is 2.15. The molecule has 0 aliphatic rings. The van der Waals surface area contributed by atoms with Crippen LogP contribution in [0.1, 0.15) is 27.7 Å². The quantitative estimate of drug-likeness (QED) is 0.669. The monoisotopic (exact) mass is 193 g/mol. The van der Waals surface area contributed by atoms with Gasteiger partial charge in [0.15, 0.2) is 0 Å². The van der Waals surface area contributed by atoms with E-state index >= 15 is 0 Å². The minimum absolute atomic E-state index is 0.583. The van der Waals surface area contributed by atoms with E-state index in [1.165, 1.54) is 7.05 Å². The van der Waals surface area contributed by atoms with Crippen LogP contribution in [0.3, 0.4) is 0 Å². The molecule has 0 aliphatic heterocycles. The van der Waals surface area contributed by atoms with Gasteiger partial charge in [-0.05, 0) is 26.4 Å². The molecule has 0 aliphatic carbocycles. The van der Waals surface area contributed by atoms with Gasteiger partial charge in [-0.25, -0.2) is 0 Å². The second kappa shape index (κ2) is 11.1. The van der Waals surface area contributed by atoms with Crippen molar-refractivity contribution in [1.82, 2.24) is 0 Å². The van der Waals surface area contributed by atoms with Gasteiger partial charge in [-0.15, -0.1) is 0 Å². The van der Waals surface area contributed by atoms with Crippen molar-refractivity contribution in [3.8, 4) is 0 Å². The Hall–Kier alpha value is 0.0969. The fourth-order valence-electron chi connectivity index (χ4n) is 0.762. The van der Waals surface area contributed by atoms with Crippen molar-refractivity contribution >= 4 is 9.28 Å². The fourth-order valence-corrected chi connectivity index (χ4v) is 2.28. The molecule has 0 fully saturated rings. The second-order valence-electron chi connectivity index (χ2n) is 2.52. The first-order valence-corrected chi connectivity index (χ1v) is 6.14. The molecule has 0 amide bonds. The molecule has 0 spiro atoms. The average molecular weight is 193 g/mol. The second-order valence-corrected chi connectivity index (χ2v) is 5.26. The van der Waals surface area contributed by atoms with Gasteiger partial charge in [0.05, 0.1) is 0 Å². The van der Waals surface area contributed by atoms with Crippen LogP contribution in [-0.2, 0) is 8.85 Å². The van der Waals surface area contributed by atoms with Gasteiger partial charge in [0, 0.05) is 13.2 Å². The molecular weight excluding hydrogens is 170 g/mol. The van der Waals surface area contributed by atoms with Crippen molar-refractivity contribution in [2.45, 2.75) is 33.2 Å². The predicted octanol–water partition coefficient (Wildman–Crippen LogP) is 1.26. The van der Waals surface area contributed by atoms with Crippen LogP contribution in [0.5, 0.6) is 0 Å². The van der Waals surface area contributed by atoms with Gasteiger partial charge >= 0.3 is 9.28 Å². The topological polar surface area (TPSA) is 44.5 Å². The summed E-state index contributed by atoms with van der Waals surface area (Å²) in [4.78, 5) is 0. The molecule has 0 atom stereocenters.